The molecule has 0 aliphatic carbocycles. The number of hydrogen-bond acceptors (Lipinski definition) is 6. The zero-order valence-electron chi connectivity index (χ0n) is 18.8. The van der Waals surface area contributed by atoms with Crippen LogP contribution in [0.4, 0.5) is 10.2 Å². The topological polar surface area (TPSA) is 77.5 Å². The van der Waals surface area contributed by atoms with E-state index >= 15 is 0 Å². The predicted molar refractivity (Wildman–Crippen MR) is 131 cm³/mol. The van der Waals surface area contributed by atoms with E-state index in [4.69, 9.17) is 21.1 Å². The quantitative estimate of drug-likeness (QED) is 0.318. The molecule has 0 atom stereocenters. The lowest BCUT2D eigenvalue weighted by molar-refractivity contribution is 0.0731. The number of aromatic nitrogens is 1. The first-order valence-electron chi connectivity index (χ1n) is 10.2. The first-order chi connectivity index (χ1) is 16.2. The van der Waals surface area contributed by atoms with E-state index in [1.807, 2.05) is 0 Å². The lowest BCUT2D eigenvalue weighted by Crippen LogP contribution is -2.16. The number of methoxy groups -OCH3 is 1. The standard InChI is InChI=1S/C25H20ClFN2O4S/c1-12-13(2)23(29-24(30)22-20(26)18-10-7-16(27)11-19(18)34-22)28-14(3)21(12)33-25(31)15-5-8-17(32-4)9-6-15/h5-11H,1-4H3,(H,28,29,30). The van der Waals surface area contributed by atoms with Crippen LogP contribution in [0, 0.1) is 26.6 Å². The number of hydrogen-bond donors (Lipinski definition) is 1. The molecular formula is C25H20ClFN2O4S. The first-order valence-corrected chi connectivity index (χ1v) is 11.4. The minimum absolute atomic E-state index is 0.258. The summed E-state index contributed by atoms with van der Waals surface area (Å²) in [6.07, 6.45) is 0. The summed E-state index contributed by atoms with van der Waals surface area (Å²) in [4.78, 5) is 30.3. The van der Waals surface area contributed by atoms with Gasteiger partial charge in [-0.05, 0) is 68.8 Å². The van der Waals surface area contributed by atoms with Crippen LogP contribution in [0.3, 0.4) is 0 Å². The largest absolute Gasteiger partial charge is 0.497 e. The fourth-order valence-corrected chi connectivity index (χ4v) is 4.86. The number of amides is 1. The van der Waals surface area contributed by atoms with Crippen molar-refractivity contribution in [2.45, 2.75) is 20.8 Å². The maximum atomic E-state index is 13.5. The summed E-state index contributed by atoms with van der Waals surface area (Å²) in [5.74, 6) is -0.109. The van der Waals surface area contributed by atoms with Crippen LogP contribution in [0.2, 0.25) is 5.02 Å². The van der Waals surface area contributed by atoms with Gasteiger partial charge in [0.15, 0.2) is 5.75 Å². The van der Waals surface area contributed by atoms with Crippen molar-refractivity contribution in [3.05, 3.63) is 80.6 Å². The Bertz CT molecular complexity index is 1430. The Balaban J connectivity index is 1.59. The third-order valence-electron chi connectivity index (χ3n) is 5.42. The van der Waals surface area contributed by atoms with Crippen molar-refractivity contribution in [1.82, 2.24) is 4.98 Å². The number of thiophene rings is 1. The molecule has 34 heavy (non-hydrogen) atoms. The summed E-state index contributed by atoms with van der Waals surface area (Å²) >= 11 is 7.48. The van der Waals surface area contributed by atoms with Crippen LogP contribution in [-0.2, 0) is 0 Å². The van der Waals surface area contributed by atoms with Gasteiger partial charge in [0, 0.05) is 15.6 Å². The van der Waals surface area contributed by atoms with Crippen molar-refractivity contribution in [2.24, 2.45) is 0 Å². The highest BCUT2D eigenvalue weighted by atomic mass is 35.5. The highest BCUT2D eigenvalue weighted by Gasteiger charge is 2.22. The fourth-order valence-electron chi connectivity index (χ4n) is 3.42. The van der Waals surface area contributed by atoms with Gasteiger partial charge in [0.1, 0.15) is 22.3 Å². The Morgan fingerprint density at radius 2 is 1.76 bits per heavy atom. The molecule has 0 spiro atoms. The second-order valence-corrected chi connectivity index (χ2v) is 9.01. The Morgan fingerprint density at radius 1 is 1.06 bits per heavy atom. The van der Waals surface area contributed by atoms with Crippen LogP contribution in [-0.4, -0.2) is 24.0 Å². The molecule has 0 unspecified atom stereocenters. The highest BCUT2D eigenvalue weighted by molar-refractivity contribution is 7.21. The third-order valence-corrected chi connectivity index (χ3v) is 7.07. The van der Waals surface area contributed by atoms with E-state index in [2.05, 4.69) is 10.3 Å². The van der Waals surface area contributed by atoms with Gasteiger partial charge in [-0.2, -0.15) is 0 Å². The normalized spacial score (nSPS) is 10.9. The number of carbonyl (C=O) groups is 2. The summed E-state index contributed by atoms with van der Waals surface area (Å²) in [5, 5.41) is 3.64. The van der Waals surface area contributed by atoms with Crippen molar-refractivity contribution in [3.63, 3.8) is 0 Å². The van der Waals surface area contributed by atoms with Crippen molar-refractivity contribution in [1.29, 1.82) is 0 Å². The fraction of sp³-hybridized carbons (Fsp3) is 0.160. The molecule has 4 rings (SSSR count). The molecule has 0 saturated carbocycles. The highest BCUT2D eigenvalue weighted by Crippen LogP contribution is 2.37. The van der Waals surface area contributed by atoms with E-state index < -0.39 is 17.7 Å². The average molecular weight is 499 g/mol. The van der Waals surface area contributed by atoms with E-state index in [1.165, 1.54) is 12.1 Å². The number of rotatable bonds is 5. The number of aryl methyl sites for hydroxylation is 1. The molecule has 0 radical (unpaired) electrons. The molecule has 2 aromatic heterocycles. The Labute approximate surface area is 204 Å². The predicted octanol–water partition coefficient (Wildman–Crippen LogP) is 6.49. The van der Waals surface area contributed by atoms with Gasteiger partial charge in [0.2, 0.25) is 0 Å². The van der Waals surface area contributed by atoms with Crippen LogP contribution in [0.15, 0.2) is 42.5 Å². The molecule has 1 amide bonds. The van der Waals surface area contributed by atoms with Crippen molar-refractivity contribution >= 4 is 50.7 Å². The minimum Gasteiger partial charge on any atom is -0.497 e. The molecule has 0 bridgehead atoms. The molecule has 9 heteroatoms. The SMILES string of the molecule is COc1ccc(C(=O)Oc2c(C)nc(NC(=O)c3sc4cc(F)ccc4c3Cl)c(C)c2C)cc1. The number of halogens is 2. The zero-order chi connectivity index (χ0) is 24.6. The van der Waals surface area contributed by atoms with Gasteiger partial charge in [0.05, 0.1) is 23.4 Å². The lowest BCUT2D eigenvalue weighted by atomic mass is 10.1. The van der Waals surface area contributed by atoms with Gasteiger partial charge in [-0.1, -0.05) is 11.6 Å². The Morgan fingerprint density at radius 3 is 2.44 bits per heavy atom. The number of fused-ring (bicyclic) bond motifs is 1. The summed E-state index contributed by atoms with van der Waals surface area (Å²) in [7, 11) is 1.55. The van der Waals surface area contributed by atoms with Crippen LogP contribution < -0.4 is 14.8 Å². The smallest absolute Gasteiger partial charge is 0.343 e. The van der Waals surface area contributed by atoms with Gasteiger partial charge < -0.3 is 14.8 Å². The van der Waals surface area contributed by atoms with E-state index in [0.29, 0.717) is 49.8 Å². The maximum absolute atomic E-state index is 13.5. The van der Waals surface area contributed by atoms with Gasteiger partial charge >= 0.3 is 5.97 Å². The van der Waals surface area contributed by atoms with E-state index in [1.54, 1.807) is 58.2 Å². The molecule has 0 saturated heterocycles. The van der Waals surface area contributed by atoms with Gasteiger partial charge in [-0.3, -0.25) is 4.79 Å². The van der Waals surface area contributed by atoms with Crippen molar-refractivity contribution < 1.29 is 23.5 Å². The molecule has 6 nitrogen and oxygen atoms in total. The first kappa shape index (κ1) is 23.7. The van der Waals surface area contributed by atoms with Crippen LogP contribution in [0.5, 0.6) is 11.5 Å². The monoisotopic (exact) mass is 498 g/mol. The van der Waals surface area contributed by atoms with E-state index in [9.17, 15) is 14.0 Å². The van der Waals surface area contributed by atoms with Gasteiger partial charge in [-0.25, -0.2) is 14.2 Å². The summed E-state index contributed by atoms with van der Waals surface area (Å²) in [6, 6.07) is 10.8. The summed E-state index contributed by atoms with van der Waals surface area (Å²) < 4.78 is 24.9. The molecule has 0 fully saturated rings. The molecule has 0 aliphatic rings. The van der Waals surface area contributed by atoms with Gasteiger partial charge in [-0.15, -0.1) is 11.3 Å². The molecule has 174 valence electrons. The average Bonchev–Trinajstić information content (AvgIpc) is 3.15. The van der Waals surface area contributed by atoms with E-state index in [-0.39, 0.29) is 9.90 Å². The van der Waals surface area contributed by atoms with Crippen LogP contribution in [0.1, 0.15) is 36.9 Å². The molecule has 2 heterocycles. The zero-order valence-corrected chi connectivity index (χ0v) is 20.4. The van der Waals surface area contributed by atoms with E-state index in [0.717, 1.165) is 11.3 Å². The summed E-state index contributed by atoms with van der Waals surface area (Å²) in [6.45, 7) is 5.24. The molecule has 4 aromatic rings. The molecule has 2 aromatic carbocycles. The lowest BCUT2D eigenvalue weighted by Gasteiger charge is -2.16. The number of nitrogens with one attached hydrogen (secondary N) is 1. The number of nitrogens with zero attached hydrogens (tertiary/aromatic N) is 1. The number of esters is 1. The third kappa shape index (κ3) is 4.47. The second kappa shape index (κ2) is 9.40. The minimum atomic E-state index is -0.531. The van der Waals surface area contributed by atoms with Gasteiger partial charge in [0.25, 0.3) is 5.91 Å². The summed E-state index contributed by atoms with van der Waals surface area (Å²) in [5.41, 5.74) is 2.10. The maximum Gasteiger partial charge on any atom is 0.343 e. The number of pyridine rings is 1. The number of benzene rings is 2. The molecule has 0 aliphatic heterocycles. The van der Waals surface area contributed by atoms with Crippen molar-refractivity contribution in [2.75, 3.05) is 12.4 Å². The number of ether oxygens (including phenoxy) is 2. The number of carbonyl (C=O) groups excluding carboxylic acids is 2. The van der Waals surface area contributed by atoms with Crippen LogP contribution in [0.25, 0.3) is 10.1 Å². The van der Waals surface area contributed by atoms with Crippen LogP contribution >= 0.6 is 22.9 Å². The number of anilines is 1. The molecule has 1 N–H and O–H groups in total. The Kier molecular flexibility index (Phi) is 6.54. The van der Waals surface area contributed by atoms with Crippen molar-refractivity contribution in [3.8, 4) is 11.5 Å². The molecular weight excluding hydrogens is 479 g/mol. The Hall–Kier alpha value is -3.49. The second-order valence-electron chi connectivity index (χ2n) is 7.58.